The minimum absolute atomic E-state index is 0.0310. The van der Waals surface area contributed by atoms with E-state index in [0.717, 1.165) is 16.8 Å². The van der Waals surface area contributed by atoms with Gasteiger partial charge in [-0.3, -0.25) is 4.79 Å². The van der Waals surface area contributed by atoms with Crippen molar-refractivity contribution in [2.45, 2.75) is 0 Å². The van der Waals surface area contributed by atoms with E-state index >= 15 is 0 Å². The van der Waals surface area contributed by atoms with Crippen LogP contribution in [0.5, 0.6) is 0 Å². The molecule has 5 heteroatoms. The average molecular weight is 289 g/mol. The maximum Gasteiger partial charge on any atom is 0.272 e. The Morgan fingerprint density at radius 2 is 2.33 bits per heavy atom. The van der Waals surface area contributed by atoms with Crippen LogP contribution in [0.4, 0.5) is 0 Å². The molecule has 0 saturated heterocycles. The summed E-state index contributed by atoms with van der Waals surface area (Å²) >= 11 is 5.01. The topological polar surface area (TPSA) is 33.2 Å². The van der Waals surface area contributed by atoms with E-state index in [9.17, 15) is 4.79 Å². The summed E-state index contributed by atoms with van der Waals surface area (Å²) in [6, 6.07) is 3.55. The third-order valence-corrected chi connectivity index (χ3v) is 2.98. The summed E-state index contributed by atoms with van der Waals surface area (Å²) in [7, 11) is 1.79. The number of aromatic nitrogens is 1. The molecule has 1 amide bonds. The summed E-state index contributed by atoms with van der Waals surface area (Å²) in [5.74, 6) is 0.912. The van der Waals surface area contributed by atoms with Gasteiger partial charge in [-0.05, 0) is 34.3 Å². The molecule has 0 atom stereocenters. The molecule has 0 saturated carbocycles. The Bertz CT molecular complexity index is 329. The molecule has 0 spiro atoms. The SMILES string of the molecule is CSCCN(C)C(=O)c1ccc(Br)cn1. The second-order valence-corrected chi connectivity index (χ2v) is 4.98. The molecule has 0 bridgehead atoms. The highest BCUT2D eigenvalue weighted by atomic mass is 79.9. The number of thioether (sulfide) groups is 1. The largest absolute Gasteiger partial charge is 0.340 e. The van der Waals surface area contributed by atoms with Gasteiger partial charge in [-0.2, -0.15) is 11.8 Å². The fraction of sp³-hybridized carbons (Fsp3) is 0.400. The quantitative estimate of drug-likeness (QED) is 0.852. The molecule has 0 aliphatic rings. The third-order valence-electron chi connectivity index (χ3n) is 1.92. The smallest absolute Gasteiger partial charge is 0.272 e. The van der Waals surface area contributed by atoms with Gasteiger partial charge in [0.25, 0.3) is 5.91 Å². The van der Waals surface area contributed by atoms with Gasteiger partial charge in [-0.25, -0.2) is 4.98 Å². The van der Waals surface area contributed by atoms with Gasteiger partial charge in [0.15, 0.2) is 0 Å². The Hall–Kier alpha value is -0.550. The lowest BCUT2D eigenvalue weighted by atomic mass is 10.3. The molecule has 0 aliphatic carbocycles. The number of hydrogen-bond acceptors (Lipinski definition) is 3. The first-order valence-corrected chi connectivity index (χ1v) is 6.70. The van der Waals surface area contributed by atoms with E-state index in [2.05, 4.69) is 20.9 Å². The van der Waals surface area contributed by atoms with Crippen LogP contribution in [0.15, 0.2) is 22.8 Å². The average Bonchev–Trinajstić information content (AvgIpc) is 2.26. The highest BCUT2D eigenvalue weighted by molar-refractivity contribution is 9.10. The molecule has 0 fully saturated rings. The molecule has 0 N–H and O–H groups in total. The second-order valence-electron chi connectivity index (χ2n) is 3.08. The third kappa shape index (κ3) is 3.83. The Balaban J connectivity index is 2.63. The van der Waals surface area contributed by atoms with E-state index in [1.165, 1.54) is 0 Å². The Morgan fingerprint density at radius 3 is 2.87 bits per heavy atom. The summed E-state index contributed by atoms with van der Waals surface area (Å²) in [6.45, 7) is 0.748. The molecule has 3 nitrogen and oxygen atoms in total. The lowest BCUT2D eigenvalue weighted by Gasteiger charge is -2.15. The number of carbonyl (C=O) groups excluding carboxylic acids is 1. The number of rotatable bonds is 4. The number of hydrogen-bond donors (Lipinski definition) is 0. The first-order valence-electron chi connectivity index (χ1n) is 4.51. The summed E-state index contributed by atoms with van der Waals surface area (Å²) in [4.78, 5) is 17.6. The summed E-state index contributed by atoms with van der Waals surface area (Å²) < 4.78 is 0.880. The zero-order chi connectivity index (χ0) is 11.3. The molecule has 82 valence electrons. The molecule has 1 aromatic heterocycles. The van der Waals surface area contributed by atoms with E-state index in [0.29, 0.717) is 5.69 Å². The van der Waals surface area contributed by atoms with Crippen molar-refractivity contribution in [2.24, 2.45) is 0 Å². The molecular weight excluding hydrogens is 276 g/mol. The van der Waals surface area contributed by atoms with Crippen molar-refractivity contribution in [1.82, 2.24) is 9.88 Å². The van der Waals surface area contributed by atoms with E-state index in [1.807, 2.05) is 12.3 Å². The molecule has 0 aromatic carbocycles. The predicted molar refractivity (Wildman–Crippen MR) is 67.3 cm³/mol. The van der Waals surface area contributed by atoms with E-state index in [4.69, 9.17) is 0 Å². The molecule has 1 rings (SSSR count). The molecule has 0 unspecified atom stereocenters. The van der Waals surface area contributed by atoms with Crippen LogP contribution >= 0.6 is 27.7 Å². The number of halogens is 1. The van der Waals surface area contributed by atoms with E-state index in [1.54, 1.807) is 36.0 Å². The van der Waals surface area contributed by atoms with Crippen LogP contribution in [0.3, 0.4) is 0 Å². The van der Waals surface area contributed by atoms with E-state index < -0.39 is 0 Å². The van der Waals surface area contributed by atoms with Gasteiger partial charge < -0.3 is 4.90 Å². The van der Waals surface area contributed by atoms with Gasteiger partial charge in [-0.1, -0.05) is 0 Å². The minimum Gasteiger partial charge on any atom is -0.340 e. The van der Waals surface area contributed by atoms with Crippen molar-refractivity contribution in [3.63, 3.8) is 0 Å². The van der Waals surface area contributed by atoms with Crippen LogP contribution in [0.25, 0.3) is 0 Å². The summed E-state index contributed by atoms with van der Waals surface area (Å²) in [6.07, 6.45) is 3.66. The number of carbonyl (C=O) groups is 1. The maximum absolute atomic E-state index is 11.8. The highest BCUT2D eigenvalue weighted by Gasteiger charge is 2.11. The number of amides is 1. The molecule has 1 aromatic rings. The molecule has 1 heterocycles. The van der Waals surface area contributed by atoms with Crippen molar-refractivity contribution in [2.75, 3.05) is 25.6 Å². The first kappa shape index (κ1) is 12.5. The number of nitrogens with zero attached hydrogens (tertiary/aromatic N) is 2. The lowest BCUT2D eigenvalue weighted by Crippen LogP contribution is -2.29. The van der Waals surface area contributed by atoms with Gasteiger partial charge in [0, 0.05) is 30.0 Å². The minimum atomic E-state index is -0.0310. The normalized spacial score (nSPS) is 10.1. The fourth-order valence-electron chi connectivity index (χ4n) is 1.03. The Kier molecular flexibility index (Phi) is 5.11. The number of pyridine rings is 1. The Labute approximate surface area is 102 Å². The fourth-order valence-corrected chi connectivity index (χ4v) is 1.72. The standard InChI is InChI=1S/C10H13BrN2OS/c1-13(5-6-15-2)10(14)9-4-3-8(11)7-12-9/h3-4,7H,5-6H2,1-2H3. The van der Waals surface area contributed by atoms with Crippen molar-refractivity contribution in [3.8, 4) is 0 Å². The maximum atomic E-state index is 11.8. The van der Waals surface area contributed by atoms with Crippen LogP contribution in [0, 0.1) is 0 Å². The van der Waals surface area contributed by atoms with Crippen molar-refractivity contribution >= 4 is 33.6 Å². The van der Waals surface area contributed by atoms with Crippen molar-refractivity contribution in [1.29, 1.82) is 0 Å². The van der Waals surface area contributed by atoms with Crippen LogP contribution in [0.1, 0.15) is 10.5 Å². The van der Waals surface area contributed by atoms with Gasteiger partial charge in [0.05, 0.1) is 0 Å². The lowest BCUT2D eigenvalue weighted by molar-refractivity contribution is 0.0798. The second kappa shape index (κ2) is 6.12. The summed E-state index contributed by atoms with van der Waals surface area (Å²) in [5.41, 5.74) is 0.488. The predicted octanol–water partition coefficient (Wildman–Crippen LogP) is 2.28. The van der Waals surface area contributed by atoms with Crippen LogP contribution < -0.4 is 0 Å². The molecular formula is C10H13BrN2OS. The van der Waals surface area contributed by atoms with Crippen LogP contribution in [-0.4, -0.2) is 41.4 Å². The van der Waals surface area contributed by atoms with Gasteiger partial charge in [-0.15, -0.1) is 0 Å². The molecule has 15 heavy (non-hydrogen) atoms. The van der Waals surface area contributed by atoms with Crippen LogP contribution in [-0.2, 0) is 0 Å². The Morgan fingerprint density at radius 1 is 1.60 bits per heavy atom. The van der Waals surface area contributed by atoms with Gasteiger partial charge >= 0.3 is 0 Å². The zero-order valence-electron chi connectivity index (χ0n) is 8.74. The zero-order valence-corrected chi connectivity index (χ0v) is 11.1. The van der Waals surface area contributed by atoms with Crippen molar-refractivity contribution < 1.29 is 4.79 Å². The molecule has 0 aliphatic heterocycles. The molecule has 0 radical (unpaired) electrons. The first-order chi connectivity index (χ1) is 7.15. The summed E-state index contributed by atoms with van der Waals surface area (Å²) in [5, 5.41) is 0. The van der Waals surface area contributed by atoms with Crippen molar-refractivity contribution in [3.05, 3.63) is 28.5 Å². The highest BCUT2D eigenvalue weighted by Crippen LogP contribution is 2.08. The van der Waals surface area contributed by atoms with E-state index in [-0.39, 0.29) is 5.91 Å². The van der Waals surface area contributed by atoms with Crippen LogP contribution in [0.2, 0.25) is 0 Å². The van der Waals surface area contributed by atoms with Gasteiger partial charge in [0.1, 0.15) is 5.69 Å². The monoisotopic (exact) mass is 288 g/mol. The van der Waals surface area contributed by atoms with Gasteiger partial charge in [0.2, 0.25) is 0 Å².